The van der Waals surface area contributed by atoms with E-state index in [-0.39, 0.29) is 5.03 Å². The molecule has 1 N–H and O–H groups in total. The van der Waals surface area contributed by atoms with E-state index in [1.54, 1.807) is 0 Å². The molecule has 0 aromatic rings. The average Bonchev–Trinajstić information content (AvgIpc) is 1.69. The molecule has 0 heterocycles. The van der Waals surface area contributed by atoms with E-state index < -0.39 is 6.29 Å². The van der Waals surface area contributed by atoms with Gasteiger partial charge < -0.3 is 4.74 Å². The van der Waals surface area contributed by atoms with Crippen LogP contribution in [0.2, 0.25) is 0 Å². The van der Waals surface area contributed by atoms with Gasteiger partial charge in [-0.1, -0.05) is 18.2 Å². The van der Waals surface area contributed by atoms with Crippen LogP contribution < -0.4 is 0 Å². The number of rotatable bonds is 3. The second-order valence-corrected chi connectivity index (χ2v) is 1.61. The van der Waals surface area contributed by atoms with Crippen LogP contribution in [0, 0.1) is 0 Å². The van der Waals surface area contributed by atoms with Crippen LogP contribution in [0.3, 0.4) is 0 Å². The van der Waals surface area contributed by atoms with Gasteiger partial charge in [0.05, 0.1) is 5.03 Å². The second-order valence-electron chi connectivity index (χ2n) is 1.12. The third kappa shape index (κ3) is 2.28. The van der Waals surface area contributed by atoms with Gasteiger partial charge in [0.15, 0.2) is 0 Å². The monoisotopic (exact) mass is 138 g/mol. The van der Waals surface area contributed by atoms with E-state index in [1.807, 2.05) is 0 Å². The zero-order valence-electron chi connectivity index (χ0n) is 4.43. The normalized spacial score (nSPS) is 13.4. The molecule has 0 aliphatic rings. The predicted molar refractivity (Wildman–Crippen MR) is 29.5 cm³/mol. The molecule has 0 aliphatic heterocycles. The van der Waals surface area contributed by atoms with Gasteiger partial charge in [-0.3, -0.25) is 0 Å². The van der Waals surface area contributed by atoms with E-state index in [1.165, 1.54) is 7.11 Å². The molecule has 0 aromatic carbocycles. The van der Waals surface area contributed by atoms with E-state index in [2.05, 4.69) is 16.2 Å². The maximum Gasteiger partial charge on any atom is 0.226 e. The van der Waals surface area contributed by atoms with E-state index in [9.17, 15) is 0 Å². The molecule has 4 heteroatoms. The van der Waals surface area contributed by atoms with Crippen LogP contribution in [0.4, 0.5) is 0 Å². The maximum absolute atomic E-state index is 7.93. The van der Waals surface area contributed by atoms with Crippen molar-refractivity contribution in [1.29, 1.82) is 0 Å². The van der Waals surface area contributed by atoms with Gasteiger partial charge in [-0.25, -0.2) is 10.1 Å². The summed E-state index contributed by atoms with van der Waals surface area (Å²) in [4.78, 5) is 3.71. The quantitative estimate of drug-likeness (QED) is 0.362. The summed E-state index contributed by atoms with van der Waals surface area (Å²) in [5.41, 5.74) is 0. The summed E-state index contributed by atoms with van der Waals surface area (Å²) in [5, 5.41) is 8.03. The largest absolute Gasteiger partial charge is 0.349 e. The van der Waals surface area contributed by atoms with Crippen molar-refractivity contribution in [3.05, 3.63) is 11.6 Å². The summed E-state index contributed by atoms with van der Waals surface area (Å²) in [6, 6.07) is 0. The first-order valence-electron chi connectivity index (χ1n) is 1.89. The Balaban J connectivity index is 3.52. The zero-order valence-corrected chi connectivity index (χ0v) is 5.18. The molecular weight excluding hydrogens is 131 g/mol. The summed E-state index contributed by atoms with van der Waals surface area (Å²) < 4.78 is 4.46. The molecule has 1 atom stereocenters. The van der Waals surface area contributed by atoms with Gasteiger partial charge in [-0.15, -0.1) is 0 Å². The third-order valence-electron chi connectivity index (χ3n) is 0.566. The number of methoxy groups -OCH3 is 1. The Hall–Kier alpha value is -0.0900. The highest BCUT2D eigenvalue weighted by atomic mass is 35.5. The highest BCUT2D eigenvalue weighted by molar-refractivity contribution is 6.29. The number of hydrogen-bond donors (Lipinski definition) is 1. The molecule has 48 valence electrons. The molecule has 0 spiro atoms. The lowest BCUT2D eigenvalue weighted by atomic mass is 10.6. The summed E-state index contributed by atoms with van der Waals surface area (Å²) in [7, 11) is 1.34. The Kier molecular flexibility index (Phi) is 3.81. The lowest BCUT2D eigenvalue weighted by Gasteiger charge is -2.06. The van der Waals surface area contributed by atoms with Gasteiger partial charge in [-0.05, 0) is 0 Å². The first kappa shape index (κ1) is 7.91. The van der Waals surface area contributed by atoms with Crippen molar-refractivity contribution in [2.24, 2.45) is 0 Å². The smallest absolute Gasteiger partial charge is 0.226 e. The summed E-state index contributed by atoms with van der Waals surface area (Å²) in [5.74, 6) is 0. The molecule has 0 bridgehead atoms. The Labute approximate surface area is 52.4 Å². The Bertz CT molecular complexity index is 79.4. The van der Waals surface area contributed by atoms with Crippen molar-refractivity contribution in [3.63, 3.8) is 0 Å². The SMILES string of the molecule is C=C(Cl)C(OC)OO. The van der Waals surface area contributed by atoms with Crippen molar-refractivity contribution in [3.8, 4) is 0 Å². The molecular formula is C4H7ClO3. The molecule has 3 nitrogen and oxygen atoms in total. The number of ether oxygens (including phenoxy) is 1. The summed E-state index contributed by atoms with van der Waals surface area (Å²) >= 11 is 5.24. The molecule has 0 rings (SSSR count). The molecule has 0 radical (unpaired) electrons. The van der Waals surface area contributed by atoms with Crippen LogP contribution in [0.25, 0.3) is 0 Å². The molecule has 0 aliphatic carbocycles. The van der Waals surface area contributed by atoms with Crippen molar-refractivity contribution in [1.82, 2.24) is 0 Å². The minimum Gasteiger partial charge on any atom is -0.349 e. The van der Waals surface area contributed by atoms with E-state index >= 15 is 0 Å². The Morgan fingerprint density at radius 2 is 2.38 bits per heavy atom. The van der Waals surface area contributed by atoms with Crippen LogP contribution >= 0.6 is 11.6 Å². The predicted octanol–water partition coefficient (Wildman–Crippen LogP) is 1.20. The van der Waals surface area contributed by atoms with Gasteiger partial charge in [0, 0.05) is 7.11 Å². The molecule has 1 unspecified atom stereocenters. The fraction of sp³-hybridized carbons (Fsp3) is 0.500. The van der Waals surface area contributed by atoms with Crippen molar-refractivity contribution >= 4 is 11.6 Å². The van der Waals surface area contributed by atoms with E-state index in [4.69, 9.17) is 16.9 Å². The Morgan fingerprint density at radius 3 is 2.38 bits per heavy atom. The Morgan fingerprint density at radius 1 is 1.88 bits per heavy atom. The van der Waals surface area contributed by atoms with Crippen LogP contribution in [0.1, 0.15) is 0 Å². The third-order valence-corrected chi connectivity index (χ3v) is 0.744. The fourth-order valence-electron chi connectivity index (χ4n) is 0.228. The maximum atomic E-state index is 7.93. The van der Waals surface area contributed by atoms with Gasteiger partial charge in [0.25, 0.3) is 0 Å². The first-order chi connectivity index (χ1) is 3.72. The summed E-state index contributed by atoms with van der Waals surface area (Å²) in [6.07, 6.45) is -0.920. The number of halogens is 1. The van der Waals surface area contributed by atoms with Crippen LogP contribution in [-0.4, -0.2) is 18.7 Å². The van der Waals surface area contributed by atoms with Crippen molar-refractivity contribution < 1.29 is 14.9 Å². The van der Waals surface area contributed by atoms with Crippen molar-refractivity contribution in [2.75, 3.05) is 7.11 Å². The molecule has 0 amide bonds. The topological polar surface area (TPSA) is 38.7 Å². The fourth-order valence-corrected chi connectivity index (χ4v) is 0.357. The standard InChI is InChI=1S/C4H7ClO3/c1-3(5)4(7-2)8-6/h4,6H,1H2,2H3. The molecule has 0 fully saturated rings. The molecule has 0 saturated heterocycles. The van der Waals surface area contributed by atoms with Gasteiger partial charge in [0.2, 0.25) is 6.29 Å². The lowest BCUT2D eigenvalue weighted by Crippen LogP contribution is -2.12. The average molecular weight is 139 g/mol. The lowest BCUT2D eigenvalue weighted by molar-refractivity contribution is -0.325. The van der Waals surface area contributed by atoms with E-state index in [0.717, 1.165) is 0 Å². The van der Waals surface area contributed by atoms with Crippen LogP contribution in [-0.2, 0) is 9.62 Å². The highest BCUT2D eigenvalue weighted by Crippen LogP contribution is 2.07. The minimum atomic E-state index is -0.920. The highest BCUT2D eigenvalue weighted by Gasteiger charge is 2.07. The summed E-state index contributed by atoms with van der Waals surface area (Å²) in [6.45, 7) is 3.25. The van der Waals surface area contributed by atoms with Gasteiger partial charge in [0.1, 0.15) is 0 Å². The van der Waals surface area contributed by atoms with Gasteiger partial charge in [-0.2, -0.15) is 0 Å². The van der Waals surface area contributed by atoms with Crippen molar-refractivity contribution in [2.45, 2.75) is 6.29 Å². The number of hydrogen-bond acceptors (Lipinski definition) is 3. The second kappa shape index (κ2) is 3.86. The van der Waals surface area contributed by atoms with Gasteiger partial charge >= 0.3 is 0 Å². The van der Waals surface area contributed by atoms with Crippen LogP contribution in [0.15, 0.2) is 11.6 Å². The first-order valence-corrected chi connectivity index (χ1v) is 2.27. The molecule has 0 aromatic heterocycles. The molecule has 8 heavy (non-hydrogen) atoms. The van der Waals surface area contributed by atoms with Crippen LogP contribution in [0.5, 0.6) is 0 Å². The molecule has 0 saturated carbocycles. The van der Waals surface area contributed by atoms with E-state index in [0.29, 0.717) is 0 Å². The zero-order chi connectivity index (χ0) is 6.57. The minimum absolute atomic E-state index is 0.106.